The lowest BCUT2D eigenvalue weighted by Crippen LogP contribution is -2.59. The molecule has 0 spiro atoms. The van der Waals surface area contributed by atoms with Gasteiger partial charge < -0.3 is 14.2 Å². The number of hydrogen-bond acceptors (Lipinski definition) is 6. The van der Waals surface area contributed by atoms with Crippen LogP contribution in [0.4, 0.5) is 0 Å². The van der Waals surface area contributed by atoms with Crippen LogP contribution in [0.15, 0.2) is 0 Å². The third-order valence-corrected chi connectivity index (χ3v) is 8.95. The molecule has 0 radical (unpaired) electrons. The monoisotopic (exact) mass is 464 g/mol. The van der Waals surface area contributed by atoms with Crippen molar-refractivity contribution in [2.75, 3.05) is 6.61 Å². The summed E-state index contributed by atoms with van der Waals surface area (Å²) in [7, 11) is 0. The van der Waals surface area contributed by atoms with Crippen LogP contribution >= 0.6 is 0 Å². The molecule has 33 heavy (non-hydrogen) atoms. The second kappa shape index (κ2) is 10.4. The number of ether oxygens (including phenoxy) is 3. The van der Waals surface area contributed by atoms with E-state index in [1.54, 1.807) is 13.8 Å². The van der Waals surface area contributed by atoms with Crippen LogP contribution in [0.3, 0.4) is 0 Å². The molecule has 0 N–H and O–H groups in total. The van der Waals surface area contributed by atoms with Gasteiger partial charge >= 0.3 is 17.9 Å². The Morgan fingerprint density at radius 3 is 2.06 bits per heavy atom. The Morgan fingerprint density at radius 1 is 1.06 bits per heavy atom. The number of esters is 3. The average molecular weight is 465 g/mol. The van der Waals surface area contributed by atoms with Crippen LogP contribution in [0.25, 0.3) is 0 Å². The van der Waals surface area contributed by atoms with E-state index < -0.39 is 17.5 Å². The van der Waals surface area contributed by atoms with Crippen LogP contribution in [-0.2, 0) is 28.6 Å². The molecule has 2 atom stereocenters. The highest BCUT2D eigenvalue weighted by atomic mass is 16.6. The average Bonchev–Trinajstić information content (AvgIpc) is 3.19. The van der Waals surface area contributed by atoms with Crippen molar-refractivity contribution in [3.8, 4) is 0 Å². The van der Waals surface area contributed by atoms with Gasteiger partial charge in [-0.15, -0.1) is 0 Å². The minimum atomic E-state index is -0.687. The van der Waals surface area contributed by atoms with Crippen molar-refractivity contribution in [2.45, 2.75) is 111 Å². The lowest BCUT2D eigenvalue weighted by Gasteiger charge is -2.60. The third-order valence-electron chi connectivity index (χ3n) is 8.95. The van der Waals surface area contributed by atoms with Crippen molar-refractivity contribution < 1.29 is 28.6 Å². The van der Waals surface area contributed by atoms with Gasteiger partial charge in [0.25, 0.3) is 0 Å². The SMILES string of the molecule is CCC(C)(C)C(=O)OC1CCOC1=O.CCC(C)C(=O)OC1(CC)C2CC3CC(C2)CC1C3. The Hall–Kier alpha value is -1.59. The predicted octanol–water partition coefficient (Wildman–Crippen LogP) is 5.46. The molecule has 5 aliphatic rings. The van der Waals surface area contributed by atoms with Crippen molar-refractivity contribution in [1.29, 1.82) is 0 Å². The minimum Gasteiger partial charge on any atom is -0.463 e. The summed E-state index contributed by atoms with van der Waals surface area (Å²) in [6.07, 6.45) is 9.09. The zero-order chi connectivity index (χ0) is 24.4. The molecule has 0 aromatic carbocycles. The normalized spacial score (nSPS) is 35.3. The first-order valence-corrected chi connectivity index (χ1v) is 13.2. The highest BCUT2D eigenvalue weighted by Gasteiger charge is 2.58. The van der Waals surface area contributed by atoms with Gasteiger partial charge in [0.15, 0.2) is 0 Å². The molecule has 0 aromatic rings. The fourth-order valence-electron chi connectivity index (χ4n) is 6.27. The number of carbonyl (C=O) groups excluding carboxylic acids is 3. The van der Waals surface area contributed by atoms with E-state index in [1.165, 1.54) is 32.1 Å². The molecule has 1 saturated heterocycles. The molecule has 5 fully saturated rings. The zero-order valence-corrected chi connectivity index (χ0v) is 21.5. The van der Waals surface area contributed by atoms with E-state index >= 15 is 0 Å². The van der Waals surface area contributed by atoms with E-state index in [-0.39, 0.29) is 23.5 Å². The first-order chi connectivity index (χ1) is 15.6. The summed E-state index contributed by atoms with van der Waals surface area (Å²) in [5.74, 6) is 2.53. The van der Waals surface area contributed by atoms with E-state index in [1.807, 2.05) is 13.8 Å². The minimum absolute atomic E-state index is 0.0526. The largest absolute Gasteiger partial charge is 0.463 e. The summed E-state index contributed by atoms with van der Waals surface area (Å²) in [5.41, 5.74) is -0.628. The van der Waals surface area contributed by atoms with Gasteiger partial charge in [0.1, 0.15) is 5.60 Å². The van der Waals surface area contributed by atoms with Gasteiger partial charge in [0.05, 0.1) is 17.9 Å². The number of carbonyl (C=O) groups is 3. The summed E-state index contributed by atoms with van der Waals surface area (Å²) >= 11 is 0. The molecule has 1 heterocycles. The third kappa shape index (κ3) is 5.40. The van der Waals surface area contributed by atoms with E-state index in [0.29, 0.717) is 31.3 Å². The van der Waals surface area contributed by atoms with E-state index in [4.69, 9.17) is 14.2 Å². The summed E-state index contributed by atoms with van der Waals surface area (Å²) in [5, 5.41) is 0. The molecule has 0 aromatic heterocycles. The van der Waals surface area contributed by atoms with Gasteiger partial charge in [-0.05, 0) is 88.9 Å². The van der Waals surface area contributed by atoms with Crippen molar-refractivity contribution in [2.24, 2.45) is 35.0 Å². The van der Waals surface area contributed by atoms with Crippen LogP contribution in [0.1, 0.15) is 99.3 Å². The van der Waals surface area contributed by atoms with Gasteiger partial charge in [0, 0.05) is 6.42 Å². The topological polar surface area (TPSA) is 78.9 Å². The fourth-order valence-corrected chi connectivity index (χ4v) is 6.27. The fraction of sp³-hybridized carbons (Fsp3) is 0.889. The van der Waals surface area contributed by atoms with Crippen LogP contribution in [0.2, 0.25) is 0 Å². The smallest absolute Gasteiger partial charge is 0.347 e. The van der Waals surface area contributed by atoms with Gasteiger partial charge in [-0.25, -0.2) is 4.79 Å². The predicted molar refractivity (Wildman–Crippen MR) is 125 cm³/mol. The van der Waals surface area contributed by atoms with Crippen LogP contribution in [0, 0.1) is 35.0 Å². The Bertz CT molecular complexity index is 698. The van der Waals surface area contributed by atoms with Crippen molar-refractivity contribution in [3.05, 3.63) is 0 Å². The molecule has 1 aliphatic heterocycles. The van der Waals surface area contributed by atoms with Crippen molar-refractivity contribution in [3.63, 3.8) is 0 Å². The van der Waals surface area contributed by atoms with Gasteiger partial charge in [-0.1, -0.05) is 27.7 Å². The van der Waals surface area contributed by atoms with E-state index in [9.17, 15) is 14.4 Å². The lowest BCUT2D eigenvalue weighted by atomic mass is 9.49. The number of cyclic esters (lactones) is 1. The standard InChI is InChI=1S/C17H28O2.C10H16O4/c1-4-11(3)16(18)19-17(5-2)14-7-12-6-13(9-14)10-15(17)8-12;1-4-10(2,3)9(12)14-7-5-6-13-8(7)11/h11-15H,4-10H2,1-3H3;7H,4-6H2,1-3H3. The highest BCUT2D eigenvalue weighted by Crippen LogP contribution is 2.60. The quantitative estimate of drug-likeness (QED) is 0.368. The Labute approximate surface area is 199 Å². The molecule has 4 aliphatic carbocycles. The van der Waals surface area contributed by atoms with Crippen molar-refractivity contribution >= 4 is 17.9 Å². The summed E-state index contributed by atoms with van der Waals surface area (Å²) in [6, 6.07) is 0. The zero-order valence-electron chi connectivity index (χ0n) is 21.5. The first kappa shape index (κ1) is 26.0. The summed E-state index contributed by atoms with van der Waals surface area (Å²) in [4.78, 5) is 34.9. The van der Waals surface area contributed by atoms with Crippen LogP contribution in [-0.4, -0.2) is 36.2 Å². The number of rotatable bonds is 7. The van der Waals surface area contributed by atoms with E-state index in [0.717, 1.165) is 24.7 Å². The van der Waals surface area contributed by atoms with Gasteiger partial charge in [-0.3, -0.25) is 9.59 Å². The summed E-state index contributed by atoms with van der Waals surface area (Å²) < 4.78 is 15.9. The molecule has 5 rings (SSSR count). The van der Waals surface area contributed by atoms with E-state index in [2.05, 4.69) is 13.8 Å². The maximum absolute atomic E-state index is 12.3. The second-order valence-electron chi connectivity index (χ2n) is 11.4. The van der Waals surface area contributed by atoms with Crippen LogP contribution in [0.5, 0.6) is 0 Å². The van der Waals surface area contributed by atoms with Gasteiger partial charge in [-0.2, -0.15) is 0 Å². The second-order valence-corrected chi connectivity index (χ2v) is 11.4. The highest BCUT2D eigenvalue weighted by molar-refractivity contribution is 5.82. The Balaban J connectivity index is 0.000000196. The Morgan fingerprint density at radius 2 is 1.64 bits per heavy atom. The molecule has 0 amide bonds. The van der Waals surface area contributed by atoms with Gasteiger partial charge in [0.2, 0.25) is 6.10 Å². The lowest BCUT2D eigenvalue weighted by molar-refractivity contribution is -0.214. The summed E-state index contributed by atoms with van der Waals surface area (Å²) in [6.45, 7) is 12.2. The first-order valence-electron chi connectivity index (χ1n) is 13.2. The van der Waals surface area contributed by atoms with Crippen LogP contribution < -0.4 is 0 Å². The Kier molecular flexibility index (Phi) is 8.16. The molecule has 2 unspecified atom stereocenters. The molecule has 4 saturated carbocycles. The maximum Gasteiger partial charge on any atom is 0.347 e. The molecular formula is C27H44O6. The molecule has 4 bridgehead atoms. The molecule has 188 valence electrons. The van der Waals surface area contributed by atoms with Crippen molar-refractivity contribution in [1.82, 2.24) is 0 Å². The molecule has 6 nitrogen and oxygen atoms in total. The molecular weight excluding hydrogens is 420 g/mol. The number of hydrogen-bond donors (Lipinski definition) is 0. The maximum atomic E-state index is 12.3. The molecule has 6 heteroatoms.